The lowest BCUT2D eigenvalue weighted by Gasteiger charge is -2.24. The first-order chi connectivity index (χ1) is 7.41. The second-order valence-electron chi connectivity index (χ2n) is 4.22. The topological polar surface area (TPSA) is 43.4 Å². The molecule has 16 heavy (non-hydrogen) atoms. The number of carbonyl (C=O) groups excluding carboxylic acids is 2. The van der Waals surface area contributed by atoms with E-state index in [1.165, 1.54) is 14.0 Å². The van der Waals surface area contributed by atoms with Gasteiger partial charge in [0.1, 0.15) is 0 Å². The highest BCUT2D eigenvalue weighted by atomic mass is 16.5. The number of ether oxygens (including phenoxy) is 1. The predicted molar refractivity (Wildman–Crippen MR) is 61.5 cm³/mol. The van der Waals surface area contributed by atoms with Gasteiger partial charge in [-0.05, 0) is 26.3 Å². The highest BCUT2D eigenvalue weighted by molar-refractivity contribution is 5.98. The number of esters is 1. The first-order valence-corrected chi connectivity index (χ1v) is 5.10. The van der Waals surface area contributed by atoms with Crippen LogP contribution in [0, 0.1) is 0 Å². The molecule has 0 N–H and O–H groups in total. The lowest BCUT2D eigenvalue weighted by Crippen LogP contribution is -2.31. The van der Waals surface area contributed by atoms with Crippen LogP contribution in [-0.4, -0.2) is 18.9 Å². The zero-order chi connectivity index (χ0) is 12.3. The zero-order valence-corrected chi connectivity index (χ0v) is 10.0. The second kappa shape index (κ2) is 4.47. The van der Waals surface area contributed by atoms with Crippen molar-refractivity contribution in [1.82, 2.24) is 0 Å². The minimum Gasteiger partial charge on any atom is -0.468 e. The number of hydrogen-bond donors (Lipinski definition) is 0. The summed E-state index contributed by atoms with van der Waals surface area (Å²) in [5.74, 6) is -0.395. The molecule has 0 aliphatic carbocycles. The Morgan fingerprint density at radius 3 is 2.25 bits per heavy atom. The quantitative estimate of drug-likeness (QED) is 0.580. The minimum atomic E-state index is -0.809. The maximum Gasteiger partial charge on any atom is 0.315 e. The molecule has 0 fully saturated rings. The Balaban J connectivity index is 3.32. The molecule has 0 amide bonds. The average molecular weight is 220 g/mol. The van der Waals surface area contributed by atoms with Gasteiger partial charge in [0.05, 0.1) is 12.5 Å². The third-order valence-electron chi connectivity index (χ3n) is 2.68. The van der Waals surface area contributed by atoms with Gasteiger partial charge in [0.25, 0.3) is 0 Å². The maximum atomic E-state index is 11.7. The van der Waals surface area contributed by atoms with Crippen molar-refractivity contribution in [1.29, 1.82) is 0 Å². The first-order valence-electron chi connectivity index (χ1n) is 5.10. The third-order valence-corrected chi connectivity index (χ3v) is 2.68. The molecule has 0 spiro atoms. The van der Waals surface area contributed by atoms with Crippen LogP contribution in [0.25, 0.3) is 0 Å². The summed E-state index contributed by atoms with van der Waals surface area (Å²) >= 11 is 0. The molecular weight excluding hydrogens is 204 g/mol. The lowest BCUT2D eigenvalue weighted by molar-refractivity contribution is -0.146. The SMILES string of the molecule is COC(=O)C(C)(C)c1ccccc1C(C)=O. The van der Waals surface area contributed by atoms with E-state index in [0.29, 0.717) is 11.1 Å². The summed E-state index contributed by atoms with van der Waals surface area (Å²) < 4.78 is 4.75. The molecule has 3 nitrogen and oxygen atoms in total. The Morgan fingerprint density at radius 2 is 1.75 bits per heavy atom. The van der Waals surface area contributed by atoms with Crippen molar-refractivity contribution >= 4 is 11.8 Å². The monoisotopic (exact) mass is 220 g/mol. The van der Waals surface area contributed by atoms with E-state index in [1.807, 2.05) is 6.07 Å². The average Bonchev–Trinajstić information content (AvgIpc) is 2.27. The summed E-state index contributed by atoms with van der Waals surface area (Å²) in [6.07, 6.45) is 0. The molecule has 1 rings (SSSR count). The molecular formula is C13H16O3. The van der Waals surface area contributed by atoms with E-state index in [9.17, 15) is 9.59 Å². The molecule has 86 valence electrons. The second-order valence-corrected chi connectivity index (χ2v) is 4.22. The van der Waals surface area contributed by atoms with Crippen molar-refractivity contribution in [2.24, 2.45) is 0 Å². The molecule has 0 aliphatic heterocycles. The van der Waals surface area contributed by atoms with Crippen molar-refractivity contribution in [3.63, 3.8) is 0 Å². The zero-order valence-electron chi connectivity index (χ0n) is 10.0. The van der Waals surface area contributed by atoms with Gasteiger partial charge in [0, 0.05) is 5.56 Å². The Bertz CT molecular complexity index is 419. The van der Waals surface area contributed by atoms with Gasteiger partial charge in [-0.1, -0.05) is 24.3 Å². The molecule has 3 heteroatoms. The molecule has 0 atom stereocenters. The van der Waals surface area contributed by atoms with E-state index in [-0.39, 0.29) is 11.8 Å². The number of benzene rings is 1. The van der Waals surface area contributed by atoms with E-state index >= 15 is 0 Å². The fraction of sp³-hybridized carbons (Fsp3) is 0.385. The molecule has 1 aromatic rings. The van der Waals surface area contributed by atoms with Crippen molar-refractivity contribution in [2.75, 3.05) is 7.11 Å². The largest absolute Gasteiger partial charge is 0.468 e. The molecule has 0 heterocycles. The summed E-state index contributed by atoms with van der Waals surface area (Å²) in [6, 6.07) is 7.11. The van der Waals surface area contributed by atoms with Crippen LogP contribution in [0.4, 0.5) is 0 Å². The Labute approximate surface area is 95.4 Å². The van der Waals surface area contributed by atoms with Gasteiger partial charge < -0.3 is 4.74 Å². The summed E-state index contributed by atoms with van der Waals surface area (Å²) in [6.45, 7) is 4.99. The fourth-order valence-corrected chi connectivity index (χ4v) is 1.70. The fourth-order valence-electron chi connectivity index (χ4n) is 1.70. The van der Waals surface area contributed by atoms with Crippen LogP contribution in [0.5, 0.6) is 0 Å². The third kappa shape index (κ3) is 2.13. The van der Waals surface area contributed by atoms with Crippen LogP contribution in [0.2, 0.25) is 0 Å². The summed E-state index contributed by atoms with van der Waals surface area (Å²) in [4.78, 5) is 23.1. The van der Waals surface area contributed by atoms with Crippen LogP contribution >= 0.6 is 0 Å². The van der Waals surface area contributed by atoms with Crippen LogP contribution < -0.4 is 0 Å². The standard InChI is InChI=1S/C13H16O3/c1-9(14)10-7-5-6-8-11(10)13(2,3)12(15)16-4/h5-8H,1-4H3. The molecule has 0 aromatic heterocycles. The van der Waals surface area contributed by atoms with E-state index in [0.717, 1.165) is 0 Å². The van der Waals surface area contributed by atoms with Gasteiger partial charge in [-0.15, -0.1) is 0 Å². The van der Waals surface area contributed by atoms with E-state index < -0.39 is 5.41 Å². The molecule has 0 aliphatic rings. The number of carbonyl (C=O) groups is 2. The molecule has 0 radical (unpaired) electrons. The van der Waals surface area contributed by atoms with Crippen LogP contribution in [0.15, 0.2) is 24.3 Å². The normalized spacial score (nSPS) is 11.0. The molecule has 0 saturated heterocycles. The lowest BCUT2D eigenvalue weighted by atomic mass is 9.81. The van der Waals surface area contributed by atoms with Gasteiger partial charge in [-0.25, -0.2) is 0 Å². The number of hydrogen-bond acceptors (Lipinski definition) is 3. The van der Waals surface area contributed by atoms with Gasteiger partial charge >= 0.3 is 5.97 Å². The molecule has 1 aromatic carbocycles. The maximum absolute atomic E-state index is 11.7. The summed E-state index contributed by atoms with van der Waals surface area (Å²) in [7, 11) is 1.35. The first kappa shape index (κ1) is 12.4. The Morgan fingerprint density at radius 1 is 1.19 bits per heavy atom. The van der Waals surface area contributed by atoms with E-state index in [1.54, 1.807) is 32.0 Å². The van der Waals surface area contributed by atoms with Crippen molar-refractivity contribution in [3.05, 3.63) is 35.4 Å². The molecule has 0 bridgehead atoms. The van der Waals surface area contributed by atoms with Crippen molar-refractivity contribution < 1.29 is 14.3 Å². The highest BCUT2D eigenvalue weighted by Gasteiger charge is 2.33. The van der Waals surface area contributed by atoms with Gasteiger partial charge in [0.15, 0.2) is 5.78 Å². The Hall–Kier alpha value is -1.64. The summed E-state index contributed by atoms with van der Waals surface area (Å²) in [5, 5.41) is 0. The molecule has 0 saturated carbocycles. The van der Waals surface area contributed by atoms with Crippen LogP contribution in [-0.2, 0) is 14.9 Å². The minimum absolute atomic E-state index is 0.0485. The van der Waals surface area contributed by atoms with Gasteiger partial charge in [-0.3, -0.25) is 9.59 Å². The smallest absolute Gasteiger partial charge is 0.315 e. The number of rotatable bonds is 3. The summed E-state index contributed by atoms with van der Waals surface area (Å²) in [5.41, 5.74) is 0.462. The van der Waals surface area contributed by atoms with Gasteiger partial charge in [0.2, 0.25) is 0 Å². The predicted octanol–water partition coefficient (Wildman–Crippen LogP) is 2.34. The number of Topliss-reactive ketones (excluding diaryl/α,β-unsaturated/α-hetero) is 1. The van der Waals surface area contributed by atoms with Crippen molar-refractivity contribution in [2.45, 2.75) is 26.2 Å². The van der Waals surface area contributed by atoms with E-state index in [4.69, 9.17) is 4.74 Å². The van der Waals surface area contributed by atoms with Crippen molar-refractivity contribution in [3.8, 4) is 0 Å². The number of ketones is 1. The van der Waals surface area contributed by atoms with Crippen LogP contribution in [0.3, 0.4) is 0 Å². The number of methoxy groups -OCH3 is 1. The van der Waals surface area contributed by atoms with Crippen LogP contribution in [0.1, 0.15) is 36.7 Å². The highest BCUT2D eigenvalue weighted by Crippen LogP contribution is 2.28. The van der Waals surface area contributed by atoms with E-state index in [2.05, 4.69) is 0 Å². The van der Waals surface area contributed by atoms with Gasteiger partial charge in [-0.2, -0.15) is 0 Å². The molecule has 0 unspecified atom stereocenters. The Kier molecular flexibility index (Phi) is 3.48.